The normalized spacial score (nSPS) is 15.1. The molecule has 7 heteroatoms. The van der Waals surface area contributed by atoms with E-state index >= 15 is 0 Å². The summed E-state index contributed by atoms with van der Waals surface area (Å²) in [4.78, 5) is 10.7. The molecule has 0 saturated carbocycles. The molecule has 1 unspecified atom stereocenters. The van der Waals surface area contributed by atoms with Crippen molar-refractivity contribution in [2.24, 2.45) is 0 Å². The summed E-state index contributed by atoms with van der Waals surface area (Å²) in [6.07, 6.45) is 0. The molecule has 0 heterocycles. The van der Waals surface area contributed by atoms with Gasteiger partial charge in [0.2, 0.25) is 10.0 Å². The van der Waals surface area contributed by atoms with Crippen molar-refractivity contribution in [1.29, 1.82) is 0 Å². The lowest BCUT2D eigenvalue weighted by Crippen LogP contribution is -2.38. The van der Waals surface area contributed by atoms with Crippen LogP contribution in [0.5, 0.6) is 0 Å². The minimum atomic E-state index is -3.91. The van der Waals surface area contributed by atoms with Gasteiger partial charge in [-0.3, -0.25) is 4.79 Å². The average molecular weight is 292 g/mol. The van der Waals surface area contributed by atoms with Crippen LogP contribution in [0.2, 0.25) is 5.02 Å². The summed E-state index contributed by atoms with van der Waals surface area (Å²) in [6.45, 7) is 2.74. The van der Waals surface area contributed by atoms with Gasteiger partial charge in [-0.1, -0.05) is 23.7 Å². The van der Waals surface area contributed by atoms with Gasteiger partial charge in [-0.25, -0.2) is 13.1 Å². The molecule has 0 aliphatic rings. The molecule has 1 aromatic carbocycles. The Labute approximate surface area is 111 Å². The van der Waals surface area contributed by atoms with E-state index in [4.69, 9.17) is 16.7 Å². The van der Waals surface area contributed by atoms with Crippen molar-refractivity contribution in [3.63, 3.8) is 0 Å². The highest BCUT2D eigenvalue weighted by atomic mass is 35.5. The van der Waals surface area contributed by atoms with Gasteiger partial charge in [0.1, 0.15) is 0 Å². The van der Waals surface area contributed by atoms with Crippen molar-refractivity contribution in [2.75, 3.05) is 0 Å². The van der Waals surface area contributed by atoms with Gasteiger partial charge in [0, 0.05) is 11.1 Å². The highest BCUT2D eigenvalue weighted by Crippen LogP contribution is 2.18. The first-order chi connectivity index (χ1) is 8.24. The number of hydrogen-bond acceptors (Lipinski definition) is 3. The summed E-state index contributed by atoms with van der Waals surface area (Å²) >= 11 is 5.80. The zero-order chi connectivity index (χ0) is 13.9. The van der Waals surface area contributed by atoms with Crippen molar-refractivity contribution in [2.45, 2.75) is 25.1 Å². The van der Waals surface area contributed by atoms with Crippen molar-refractivity contribution in [3.8, 4) is 0 Å². The highest BCUT2D eigenvalue weighted by Gasteiger charge is 2.29. The average Bonchev–Trinajstić information content (AvgIpc) is 2.27. The lowest BCUT2D eigenvalue weighted by Gasteiger charge is -2.16. The molecule has 1 aromatic rings. The van der Waals surface area contributed by atoms with E-state index in [9.17, 15) is 13.2 Å². The SMILES string of the molecule is CC(C(=O)O)S(=O)(=O)N[C@@H](C)c1cccc(Cl)c1. The second kappa shape index (κ2) is 5.69. The van der Waals surface area contributed by atoms with Crippen LogP contribution in [-0.2, 0) is 14.8 Å². The molecule has 0 aromatic heterocycles. The molecular weight excluding hydrogens is 278 g/mol. The van der Waals surface area contributed by atoms with Gasteiger partial charge in [0.15, 0.2) is 5.25 Å². The monoisotopic (exact) mass is 291 g/mol. The number of hydrogen-bond donors (Lipinski definition) is 2. The zero-order valence-electron chi connectivity index (χ0n) is 9.92. The first-order valence-corrected chi connectivity index (χ1v) is 7.16. The van der Waals surface area contributed by atoms with Crippen LogP contribution in [0.4, 0.5) is 0 Å². The zero-order valence-corrected chi connectivity index (χ0v) is 11.5. The van der Waals surface area contributed by atoms with E-state index in [1.165, 1.54) is 0 Å². The van der Waals surface area contributed by atoms with Crippen molar-refractivity contribution in [3.05, 3.63) is 34.9 Å². The summed E-state index contributed by atoms with van der Waals surface area (Å²) in [5.41, 5.74) is 0.670. The Morgan fingerprint density at radius 2 is 2.00 bits per heavy atom. The van der Waals surface area contributed by atoms with Crippen LogP contribution in [0.15, 0.2) is 24.3 Å². The van der Waals surface area contributed by atoms with E-state index in [0.29, 0.717) is 10.6 Å². The van der Waals surface area contributed by atoms with Gasteiger partial charge in [0.25, 0.3) is 0 Å². The number of aliphatic carboxylic acids is 1. The Hall–Kier alpha value is -1.11. The van der Waals surface area contributed by atoms with Gasteiger partial charge in [0.05, 0.1) is 0 Å². The molecule has 2 atom stereocenters. The van der Waals surface area contributed by atoms with Gasteiger partial charge >= 0.3 is 5.97 Å². The van der Waals surface area contributed by atoms with Gasteiger partial charge in [-0.2, -0.15) is 0 Å². The first-order valence-electron chi connectivity index (χ1n) is 5.23. The maximum atomic E-state index is 11.7. The van der Waals surface area contributed by atoms with E-state index in [1.54, 1.807) is 31.2 Å². The van der Waals surface area contributed by atoms with Gasteiger partial charge in [-0.15, -0.1) is 0 Å². The Morgan fingerprint density at radius 1 is 1.39 bits per heavy atom. The fraction of sp³-hybridized carbons (Fsp3) is 0.364. The molecule has 0 aliphatic heterocycles. The van der Waals surface area contributed by atoms with E-state index in [-0.39, 0.29) is 0 Å². The summed E-state index contributed by atoms with van der Waals surface area (Å²) in [5, 5.41) is 7.69. The minimum Gasteiger partial charge on any atom is -0.480 e. The number of carbonyl (C=O) groups is 1. The van der Waals surface area contributed by atoms with Gasteiger partial charge in [-0.05, 0) is 31.5 Å². The number of sulfonamides is 1. The molecule has 100 valence electrons. The smallest absolute Gasteiger partial charge is 0.323 e. The molecule has 0 fully saturated rings. The molecular formula is C11H14ClNO4S. The van der Waals surface area contributed by atoms with Crippen molar-refractivity contribution < 1.29 is 18.3 Å². The number of rotatable bonds is 5. The molecule has 0 saturated heterocycles. The largest absolute Gasteiger partial charge is 0.480 e. The van der Waals surface area contributed by atoms with Crippen LogP contribution in [-0.4, -0.2) is 24.7 Å². The second-order valence-electron chi connectivity index (χ2n) is 3.92. The van der Waals surface area contributed by atoms with Crippen LogP contribution < -0.4 is 4.72 Å². The number of benzene rings is 1. The molecule has 1 rings (SSSR count). The lowest BCUT2D eigenvalue weighted by molar-refractivity contribution is -0.136. The highest BCUT2D eigenvalue weighted by molar-refractivity contribution is 7.90. The van der Waals surface area contributed by atoms with Gasteiger partial charge < -0.3 is 5.11 Å². The molecule has 2 N–H and O–H groups in total. The predicted molar refractivity (Wildman–Crippen MR) is 69.0 cm³/mol. The molecule has 0 amide bonds. The lowest BCUT2D eigenvalue weighted by atomic mass is 10.1. The number of carboxylic acid groups (broad SMARTS) is 1. The molecule has 5 nitrogen and oxygen atoms in total. The fourth-order valence-corrected chi connectivity index (χ4v) is 2.62. The summed E-state index contributed by atoms with van der Waals surface area (Å²) in [6, 6.07) is 6.16. The van der Waals surface area contributed by atoms with E-state index in [0.717, 1.165) is 6.92 Å². The summed E-state index contributed by atoms with van der Waals surface area (Å²) in [7, 11) is -3.91. The van der Waals surface area contributed by atoms with E-state index in [2.05, 4.69) is 4.72 Å². The molecule has 0 bridgehead atoms. The summed E-state index contributed by atoms with van der Waals surface area (Å²) < 4.78 is 25.7. The molecule has 18 heavy (non-hydrogen) atoms. The van der Waals surface area contributed by atoms with Crippen LogP contribution in [0.25, 0.3) is 0 Å². The van der Waals surface area contributed by atoms with E-state index in [1.807, 2.05) is 0 Å². The van der Waals surface area contributed by atoms with Crippen molar-refractivity contribution in [1.82, 2.24) is 4.72 Å². The van der Waals surface area contributed by atoms with Crippen LogP contribution in [0.1, 0.15) is 25.5 Å². The van der Waals surface area contributed by atoms with Crippen LogP contribution in [0, 0.1) is 0 Å². The first kappa shape index (κ1) is 14.9. The second-order valence-corrected chi connectivity index (χ2v) is 6.39. The Bertz CT molecular complexity index is 544. The third-order valence-electron chi connectivity index (χ3n) is 2.50. The number of halogens is 1. The third kappa shape index (κ3) is 3.69. The topological polar surface area (TPSA) is 83.5 Å². The van der Waals surface area contributed by atoms with Crippen molar-refractivity contribution >= 4 is 27.6 Å². The summed E-state index contributed by atoms with van der Waals surface area (Å²) in [5.74, 6) is -1.39. The number of nitrogens with one attached hydrogen (secondary N) is 1. The Morgan fingerprint density at radius 3 is 2.50 bits per heavy atom. The maximum Gasteiger partial charge on any atom is 0.323 e. The Kier molecular flexibility index (Phi) is 4.72. The minimum absolute atomic E-state index is 0.491. The standard InChI is InChI=1S/C11H14ClNO4S/c1-7(9-4-3-5-10(12)6-9)13-18(16,17)8(2)11(14)15/h3-8,13H,1-2H3,(H,14,15)/t7-,8?/m0/s1. The third-order valence-corrected chi connectivity index (χ3v) is 4.55. The molecule has 0 aliphatic carbocycles. The quantitative estimate of drug-likeness (QED) is 0.866. The number of carboxylic acids is 1. The molecule has 0 radical (unpaired) electrons. The fourth-order valence-electron chi connectivity index (χ4n) is 1.33. The maximum absolute atomic E-state index is 11.7. The van der Waals surface area contributed by atoms with Crippen LogP contribution >= 0.6 is 11.6 Å². The van der Waals surface area contributed by atoms with Crippen LogP contribution in [0.3, 0.4) is 0 Å². The molecule has 0 spiro atoms. The van der Waals surface area contributed by atoms with E-state index < -0.39 is 27.3 Å². The Balaban J connectivity index is 2.88. The predicted octanol–water partition coefficient (Wildman–Crippen LogP) is 1.79.